The van der Waals surface area contributed by atoms with Gasteiger partial charge in [0.2, 0.25) is 10.0 Å². The normalized spacial score (nSPS) is 20.5. The number of carbonyl (C=O) groups excluding carboxylic acids is 2. The Balaban J connectivity index is 1.47. The van der Waals surface area contributed by atoms with E-state index in [1.807, 2.05) is 19.1 Å². The number of imide groups is 1. The fourth-order valence-corrected chi connectivity index (χ4v) is 8.80. The van der Waals surface area contributed by atoms with Crippen LogP contribution < -0.4 is 16.0 Å². The van der Waals surface area contributed by atoms with Crippen LogP contribution in [0.25, 0.3) is 0 Å². The van der Waals surface area contributed by atoms with Crippen molar-refractivity contribution in [3.8, 4) is 0 Å². The first-order valence-corrected chi connectivity index (χ1v) is 17.8. The Morgan fingerprint density at radius 1 is 1.12 bits per heavy atom. The molecule has 5 rings (SSSR count). The molecule has 2 aliphatic heterocycles. The average molecular weight is 702 g/mol. The third-order valence-electron chi connectivity index (χ3n) is 9.16. The Hall–Kier alpha value is -3.46. The van der Waals surface area contributed by atoms with Crippen LogP contribution in [0.5, 0.6) is 0 Å². The van der Waals surface area contributed by atoms with Gasteiger partial charge in [-0.3, -0.25) is 9.78 Å². The molecule has 48 heavy (non-hydrogen) atoms. The third-order valence-corrected chi connectivity index (χ3v) is 11.5. The van der Waals surface area contributed by atoms with Gasteiger partial charge in [-0.1, -0.05) is 41.9 Å². The van der Waals surface area contributed by atoms with Gasteiger partial charge in [0.05, 0.1) is 36.1 Å². The van der Waals surface area contributed by atoms with Crippen LogP contribution in [0, 0.1) is 11.7 Å². The Labute approximate surface area is 285 Å². The van der Waals surface area contributed by atoms with Gasteiger partial charge >= 0.3 is 6.09 Å². The predicted octanol–water partition coefficient (Wildman–Crippen LogP) is 4.50. The number of nitrogens with one attached hydrogen (secondary N) is 1. The van der Waals surface area contributed by atoms with Gasteiger partial charge in [-0.15, -0.1) is 0 Å². The minimum atomic E-state index is -3.88. The standard InChI is InChI=1S/C34H41ClFN5O6S/c1-22-18-38-19-26(41(22)48(44,45)27-6-4-3-5-7-27)12-13-28-29(36)20-39-21-30(28)40(34(43)46-2)33(42)32(37)31(24-14-16-47-17-15-24)23-8-10-25(35)11-9-23/h3-11,20-22,24,26,31-32,38H,12-19,37H2,1-2H3/t22-,26+,31+,32+/m1/s1. The number of carbonyl (C=O) groups is 2. The smallest absolute Gasteiger partial charge is 0.421 e. The zero-order chi connectivity index (χ0) is 34.4. The molecule has 3 aromatic rings. The molecular formula is C34H41ClFN5O6S. The maximum absolute atomic E-state index is 15.7. The molecule has 0 bridgehead atoms. The fraction of sp³-hybridized carbons (Fsp3) is 0.441. The number of halogens is 2. The van der Waals surface area contributed by atoms with Gasteiger partial charge in [-0.25, -0.2) is 22.5 Å². The van der Waals surface area contributed by atoms with E-state index in [0.717, 1.165) is 23.8 Å². The van der Waals surface area contributed by atoms with Crippen molar-refractivity contribution in [3.63, 3.8) is 0 Å². The monoisotopic (exact) mass is 701 g/mol. The lowest BCUT2D eigenvalue weighted by Crippen LogP contribution is -2.58. The van der Waals surface area contributed by atoms with Crippen LogP contribution in [-0.2, 0) is 30.7 Å². The molecular weight excluding hydrogens is 661 g/mol. The summed E-state index contributed by atoms with van der Waals surface area (Å²) >= 11 is 6.16. The number of piperazine rings is 1. The first-order chi connectivity index (χ1) is 23.0. The number of hydrogen-bond acceptors (Lipinski definition) is 9. The summed E-state index contributed by atoms with van der Waals surface area (Å²) in [6.07, 6.45) is 2.64. The van der Waals surface area contributed by atoms with E-state index in [-0.39, 0.29) is 40.9 Å². The van der Waals surface area contributed by atoms with E-state index in [4.69, 9.17) is 26.8 Å². The number of aromatic nitrogens is 1. The van der Waals surface area contributed by atoms with Gasteiger partial charge < -0.3 is 20.5 Å². The van der Waals surface area contributed by atoms with Crippen molar-refractivity contribution in [3.05, 3.63) is 89.0 Å². The number of benzene rings is 2. The molecule has 2 amide bonds. The topological polar surface area (TPSA) is 144 Å². The Morgan fingerprint density at radius 2 is 1.81 bits per heavy atom. The Bertz CT molecular complexity index is 1680. The lowest BCUT2D eigenvalue weighted by atomic mass is 9.76. The highest BCUT2D eigenvalue weighted by atomic mass is 35.5. The van der Waals surface area contributed by atoms with Crippen LogP contribution in [0.2, 0.25) is 5.02 Å². The zero-order valence-electron chi connectivity index (χ0n) is 26.9. The lowest BCUT2D eigenvalue weighted by molar-refractivity contribution is -0.120. The van der Waals surface area contributed by atoms with Gasteiger partial charge in [0.15, 0.2) is 0 Å². The summed E-state index contributed by atoms with van der Waals surface area (Å²) < 4.78 is 55.2. The quantitative estimate of drug-likeness (QED) is 0.312. The number of rotatable bonds is 10. The van der Waals surface area contributed by atoms with E-state index in [9.17, 15) is 18.0 Å². The largest absolute Gasteiger partial charge is 0.452 e. The Kier molecular flexibility index (Phi) is 11.8. The molecule has 14 heteroatoms. The molecule has 2 aliphatic rings. The molecule has 0 saturated carbocycles. The second-order valence-electron chi connectivity index (χ2n) is 12.2. The van der Waals surface area contributed by atoms with E-state index in [2.05, 4.69) is 10.3 Å². The number of nitrogens with two attached hydrogens (primary N) is 1. The molecule has 0 aliphatic carbocycles. The van der Waals surface area contributed by atoms with Gasteiger partial charge in [0.1, 0.15) is 5.82 Å². The molecule has 4 atom stereocenters. The molecule has 2 saturated heterocycles. The molecule has 0 spiro atoms. The van der Waals surface area contributed by atoms with E-state index >= 15 is 4.39 Å². The van der Waals surface area contributed by atoms with Crippen molar-refractivity contribution in [1.82, 2.24) is 14.6 Å². The molecule has 11 nitrogen and oxygen atoms in total. The summed E-state index contributed by atoms with van der Waals surface area (Å²) in [5.41, 5.74) is 7.41. The number of nitrogens with zero attached hydrogens (tertiary/aromatic N) is 3. The van der Waals surface area contributed by atoms with Crippen LogP contribution in [0.15, 0.2) is 71.9 Å². The van der Waals surface area contributed by atoms with Crippen molar-refractivity contribution in [2.24, 2.45) is 11.7 Å². The summed E-state index contributed by atoms with van der Waals surface area (Å²) in [6.45, 7) is 3.59. The lowest BCUT2D eigenvalue weighted by Gasteiger charge is -2.40. The highest BCUT2D eigenvalue weighted by Crippen LogP contribution is 2.37. The first-order valence-electron chi connectivity index (χ1n) is 16.0. The number of sulfonamides is 1. The molecule has 258 valence electrons. The van der Waals surface area contributed by atoms with Crippen molar-refractivity contribution in [2.75, 3.05) is 38.3 Å². The molecule has 2 aromatic carbocycles. The second kappa shape index (κ2) is 15.8. The predicted molar refractivity (Wildman–Crippen MR) is 180 cm³/mol. The van der Waals surface area contributed by atoms with Crippen molar-refractivity contribution in [1.29, 1.82) is 0 Å². The number of methoxy groups -OCH3 is 1. The summed E-state index contributed by atoms with van der Waals surface area (Å²) in [5.74, 6) is -2.09. The average Bonchev–Trinajstić information content (AvgIpc) is 3.09. The van der Waals surface area contributed by atoms with Crippen molar-refractivity contribution < 1.29 is 31.9 Å². The van der Waals surface area contributed by atoms with Crippen LogP contribution in [0.3, 0.4) is 0 Å². The van der Waals surface area contributed by atoms with E-state index < -0.39 is 45.8 Å². The molecule has 0 unspecified atom stereocenters. The number of ether oxygens (including phenoxy) is 2. The minimum absolute atomic E-state index is 0.0137. The van der Waals surface area contributed by atoms with Crippen LogP contribution in [0.1, 0.15) is 43.2 Å². The van der Waals surface area contributed by atoms with Gasteiger partial charge in [0.25, 0.3) is 5.91 Å². The van der Waals surface area contributed by atoms with Gasteiger partial charge in [-0.2, -0.15) is 4.31 Å². The van der Waals surface area contributed by atoms with Gasteiger partial charge in [-0.05, 0) is 68.4 Å². The number of pyridine rings is 1. The highest BCUT2D eigenvalue weighted by molar-refractivity contribution is 7.89. The van der Waals surface area contributed by atoms with E-state index in [1.165, 1.54) is 10.5 Å². The maximum atomic E-state index is 15.7. The van der Waals surface area contributed by atoms with Crippen molar-refractivity contribution in [2.45, 2.75) is 61.5 Å². The first kappa shape index (κ1) is 35.8. The zero-order valence-corrected chi connectivity index (χ0v) is 28.5. The SMILES string of the molecule is COC(=O)N(C(=O)[C@@H](N)[C@@H](c1ccc(Cl)cc1)C1CCOCC1)c1cncc(F)c1CC[C@H]1CNC[C@@H](C)N1S(=O)(=O)c1ccccc1. The number of amides is 2. The Morgan fingerprint density at radius 3 is 2.48 bits per heavy atom. The van der Waals surface area contributed by atoms with Gasteiger partial charge in [0, 0.05) is 54.9 Å². The van der Waals surface area contributed by atoms with Crippen LogP contribution in [-0.4, -0.2) is 81.2 Å². The van der Waals surface area contributed by atoms with E-state index in [1.54, 1.807) is 42.5 Å². The van der Waals surface area contributed by atoms with Crippen molar-refractivity contribution >= 4 is 39.3 Å². The molecule has 3 heterocycles. The number of anilines is 1. The highest BCUT2D eigenvalue weighted by Gasteiger charge is 2.41. The maximum Gasteiger partial charge on any atom is 0.421 e. The van der Waals surface area contributed by atoms with Crippen LogP contribution >= 0.6 is 11.6 Å². The second-order valence-corrected chi connectivity index (χ2v) is 14.4. The summed E-state index contributed by atoms with van der Waals surface area (Å²) in [4.78, 5) is 32.5. The molecule has 2 fully saturated rings. The number of hydrogen-bond donors (Lipinski definition) is 2. The molecule has 1 aromatic heterocycles. The minimum Gasteiger partial charge on any atom is -0.452 e. The summed E-state index contributed by atoms with van der Waals surface area (Å²) in [5, 5.41) is 3.79. The summed E-state index contributed by atoms with van der Waals surface area (Å²) in [7, 11) is -2.76. The summed E-state index contributed by atoms with van der Waals surface area (Å²) in [6, 6.07) is 13.1. The molecule has 0 radical (unpaired) electrons. The molecule has 3 N–H and O–H groups in total. The van der Waals surface area contributed by atoms with Crippen LogP contribution in [0.4, 0.5) is 14.9 Å². The third kappa shape index (κ3) is 7.72. The van der Waals surface area contributed by atoms with E-state index in [0.29, 0.717) is 44.2 Å². The fourth-order valence-electron chi connectivity index (χ4n) is 6.81.